The molecule has 3 aromatic rings. The first-order valence-corrected chi connectivity index (χ1v) is 8.97. The Morgan fingerprint density at radius 3 is 2.03 bits per heavy atom. The molecule has 154 valence electrons. The number of aromatic nitrogens is 4. The number of anilines is 1. The van der Waals surface area contributed by atoms with Crippen LogP contribution in [0.5, 0.6) is 0 Å². The van der Waals surface area contributed by atoms with Gasteiger partial charge in [-0.15, -0.1) is 0 Å². The van der Waals surface area contributed by atoms with Crippen LogP contribution in [0.2, 0.25) is 0 Å². The van der Waals surface area contributed by atoms with Crippen molar-refractivity contribution in [3.63, 3.8) is 0 Å². The quantitative estimate of drug-likeness (QED) is 0.631. The molecule has 0 bridgehead atoms. The highest BCUT2D eigenvalue weighted by Crippen LogP contribution is 2.37. The number of nitrogens with one attached hydrogen (secondary N) is 1. The van der Waals surface area contributed by atoms with Gasteiger partial charge in [-0.2, -0.15) is 26.3 Å². The minimum atomic E-state index is -5.19. The Morgan fingerprint density at radius 2 is 1.52 bits per heavy atom. The summed E-state index contributed by atoms with van der Waals surface area (Å²) in [5.74, 6) is -0.204. The van der Waals surface area contributed by atoms with Crippen LogP contribution < -0.4 is 4.72 Å². The van der Waals surface area contributed by atoms with Crippen LogP contribution in [0.1, 0.15) is 11.1 Å². The second-order valence-electron chi connectivity index (χ2n) is 5.58. The first-order chi connectivity index (χ1) is 13.4. The highest BCUT2D eigenvalue weighted by atomic mass is 32.2. The van der Waals surface area contributed by atoms with Crippen LogP contribution in [0.4, 0.5) is 32.2 Å². The first kappa shape index (κ1) is 20.6. The molecular formula is C15H9F6N5O2S. The lowest BCUT2D eigenvalue weighted by molar-refractivity contribution is -0.143. The van der Waals surface area contributed by atoms with E-state index in [4.69, 9.17) is 0 Å². The molecule has 0 spiro atoms. The predicted molar refractivity (Wildman–Crippen MR) is 86.4 cm³/mol. The van der Waals surface area contributed by atoms with E-state index in [9.17, 15) is 34.8 Å². The predicted octanol–water partition coefficient (Wildman–Crippen LogP) is 3.50. The van der Waals surface area contributed by atoms with Crippen molar-refractivity contribution < 1.29 is 34.8 Å². The number of rotatable bonds is 4. The average molecular weight is 437 g/mol. The number of imidazole rings is 1. The summed E-state index contributed by atoms with van der Waals surface area (Å²) < 4.78 is 106. The van der Waals surface area contributed by atoms with Gasteiger partial charge >= 0.3 is 12.4 Å². The van der Waals surface area contributed by atoms with E-state index in [2.05, 4.69) is 15.0 Å². The third kappa shape index (κ3) is 4.64. The van der Waals surface area contributed by atoms with E-state index in [1.807, 2.05) is 4.72 Å². The number of halogens is 6. The van der Waals surface area contributed by atoms with Crippen molar-refractivity contribution in [3.05, 3.63) is 60.4 Å². The normalized spacial score (nSPS) is 12.8. The summed E-state index contributed by atoms with van der Waals surface area (Å²) in [4.78, 5) is 10.0. The second-order valence-corrected chi connectivity index (χ2v) is 7.26. The fourth-order valence-electron chi connectivity index (χ4n) is 2.22. The molecular weight excluding hydrogens is 428 g/mol. The molecule has 1 N–H and O–H groups in total. The van der Waals surface area contributed by atoms with Crippen molar-refractivity contribution in [1.29, 1.82) is 0 Å². The standard InChI is InChI=1S/C15H9F6N5O2S/c16-14(17,18)9-3-10(15(19,20)21)5-11(4-9)29(27,28)25-12-6-13(24-7-23-12)26-2-1-22-8-26/h1-8H,(H,23,24,25). The molecule has 14 heteroatoms. The van der Waals surface area contributed by atoms with Gasteiger partial charge in [0.2, 0.25) is 0 Å². The van der Waals surface area contributed by atoms with Crippen LogP contribution in [0.25, 0.3) is 5.82 Å². The van der Waals surface area contributed by atoms with Gasteiger partial charge in [0.05, 0.1) is 16.0 Å². The lowest BCUT2D eigenvalue weighted by Gasteiger charge is -2.15. The minimum absolute atomic E-state index is 0.107. The number of hydrogen-bond donors (Lipinski definition) is 1. The smallest absolute Gasteiger partial charge is 0.290 e. The van der Waals surface area contributed by atoms with Crippen LogP contribution >= 0.6 is 0 Å². The first-order valence-electron chi connectivity index (χ1n) is 7.49. The molecule has 0 unspecified atom stereocenters. The van der Waals surface area contributed by atoms with E-state index >= 15 is 0 Å². The Balaban J connectivity index is 2.03. The van der Waals surface area contributed by atoms with Crippen LogP contribution in [-0.2, 0) is 22.4 Å². The van der Waals surface area contributed by atoms with Gasteiger partial charge in [-0.3, -0.25) is 9.29 Å². The summed E-state index contributed by atoms with van der Waals surface area (Å²) in [6.45, 7) is 0. The molecule has 7 nitrogen and oxygen atoms in total. The lowest BCUT2D eigenvalue weighted by atomic mass is 10.1. The van der Waals surface area contributed by atoms with Gasteiger partial charge in [0.25, 0.3) is 10.0 Å². The molecule has 2 aromatic heterocycles. The molecule has 3 rings (SSSR count). The molecule has 0 saturated carbocycles. The second kappa shape index (κ2) is 7.02. The van der Waals surface area contributed by atoms with Gasteiger partial charge in [0.1, 0.15) is 24.3 Å². The Labute approximate surface area is 159 Å². The minimum Gasteiger partial charge on any atom is -0.290 e. The highest BCUT2D eigenvalue weighted by Gasteiger charge is 2.38. The van der Waals surface area contributed by atoms with E-state index in [0.29, 0.717) is 0 Å². The van der Waals surface area contributed by atoms with E-state index in [0.717, 1.165) is 12.4 Å². The molecule has 0 radical (unpaired) electrons. The number of sulfonamides is 1. The van der Waals surface area contributed by atoms with Crippen molar-refractivity contribution in [1.82, 2.24) is 19.5 Å². The van der Waals surface area contributed by atoms with Crippen molar-refractivity contribution in [2.24, 2.45) is 0 Å². The maximum absolute atomic E-state index is 12.9. The molecule has 0 amide bonds. The van der Waals surface area contributed by atoms with Crippen LogP contribution in [0, 0.1) is 0 Å². The van der Waals surface area contributed by atoms with Crippen molar-refractivity contribution >= 4 is 15.8 Å². The topological polar surface area (TPSA) is 89.8 Å². The van der Waals surface area contributed by atoms with Crippen molar-refractivity contribution in [2.45, 2.75) is 17.2 Å². The summed E-state index contributed by atoms with van der Waals surface area (Å²) >= 11 is 0. The van der Waals surface area contributed by atoms with Gasteiger partial charge < -0.3 is 0 Å². The maximum atomic E-state index is 12.9. The summed E-state index contributed by atoms with van der Waals surface area (Å²) in [5.41, 5.74) is -3.51. The zero-order valence-corrected chi connectivity index (χ0v) is 14.7. The van der Waals surface area contributed by atoms with Crippen LogP contribution in [0.3, 0.4) is 0 Å². The van der Waals surface area contributed by atoms with E-state index in [1.165, 1.54) is 23.3 Å². The number of benzene rings is 1. The number of hydrogen-bond acceptors (Lipinski definition) is 5. The Morgan fingerprint density at radius 1 is 0.897 bits per heavy atom. The summed E-state index contributed by atoms with van der Waals surface area (Å²) in [5, 5.41) is 0. The molecule has 1 aromatic carbocycles. The Hall–Kier alpha value is -3.16. The molecule has 0 aliphatic carbocycles. The van der Waals surface area contributed by atoms with Gasteiger partial charge in [-0.25, -0.2) is 23.4 Å². The number of alkyl halides is 6. The SMILES string of the molecule is O=S(=O)(Nc1cc(-n2ccnc2)ncn1)c1cc(C(F)(F)F)cc(C(F)(F)F)c1. The summed E-state index contributed by atoms with van der Waals surface area (Å²) in [7, 11) is -4.83. The third-order valence-electron chi connectivity index (χ3n) is 3.53. The molecule has 0 atom stereocenters. The van der Waals surface area contributed by atoms with Gasteiger partial charge in [-0.1, -0.05) is 0 Å². The van der Waals surface area contributed by atoms with Crippen molar-refractivity contribution in [2.75, 3.05) is 4.72 Å². The lowest BCUT2D eigenvalue weighted by Crippen LogP contribution is -2.18. The molecule has 2 heterocycles. The van der Waals surface area contributed by atoms with Gasteiger partial charge in [0, 0.05) is 18.5 Å². The maximum Gasteiger partial charge on any atom is 0.416 e. The summed E-state index contributed by atoms with van der Waals surface area (Å²) in [6.07, 6.45) is -5.19. The largest absolute Gasteiger partial charge is 0.416 e. The van der Waals surface area contributed by atoms with Crippen molar-refractivity contribution in [3.8, 4) is 5.82 Å². The van der Waals surface area contributed by atoms with E-state index in [1.54, 1.807) is 0 Å². The molecule has 0 saturated heterocycles. The molecule has 0 aliphatic rings. The van der Waals surface area contributed by atoms with Crippen LogP contribution in [0.15, 0.2) is 54.2 Å². The average Bonchev–Trinajstić information content (AvgIpc) is 3.14. The molecule has 29 heavy (non-hydrogen) atoms. The molecule has 0 aliphatic heterocycles. The monoisotopic (exact) mass is 437 g/mol. The number of nitrogens with zero attached hydrogens (tertiary/aromatic N) is 4. The van der Waals surface area contributed by atoms with Gasteiger partial charge in [-0.05, 0) is 18.2 Å². The molecule has 0 fully saturated rings. The highest BCUT2D eigenvalue weighted by molar-refractivity contribution is 7.92. The Bertz CT molecular complexity index is 1090. The fourth-order valence-corrected chi connectivity index (χ4v) is 3.29. The Kier molecular flexibility index (Phi) is 4.98. The third-order valence-corrected chi connectivity index (χ3v) is 4.87. The zero-order chi connectivity index (χ0) is 21.4. The van der Waals surface area contributed by atoms with E-state index < -0.39 is 38.4 Å². The zero-order valence-electron chi connectivity index (χ0n) is 13.9. The van der Waals surface area contributed by atoms with E-state index in [-0.39, 0.29) is 29.8 Å². The fraction of sp³-hybridized carbons (Fsp3) is 0.133. The summed E-state index contributed by atoms with van der Waals surface area (Å²) in [6, 6.07) is 1.17. The van der Waals surface area contributed by atoms with Crippen LogP contribution in [-0.4, -0.2) is 27.9 Å². The van der Waals surface area contributed by atoms with Gasteiger partial charge in [0.15, 0.2) is 0 Å².